The summed E-state index contributed by atoms with van der Waals surface area (Å²) in [4.78, 5) is 11.4. The van der Waals surface area contributed by atoms with Crippen LogP contribution in [0.15, 0.2) is 30.3 Å². The third-order valence-electron chi connectivity index (χ3n) is 2.88. The number of ether oxygens (including phenoxy) is 1. The molecule has 0 bridgehead atoms. The van der Waals surface area contributed by atoms with Crippen molar-refractivity contribution in [2.75, 3.05) is 11.5 Å². The highest BCUT2D eigenvalue weighted by Gasteiger charge is 2.15. The Labute approximate surface area is 120 Å². The molecule has 0 saturated carbocycles. The molecule has 2 aromatic rings. The number of carbonyl (C=O) groups is 1. The third kappa shape index (κ3) is 2.77. The molecule has 0 radical (unpaired) electrons. The summed E-state index contributed by atoms with van der Waals surface area (Å²) in [5, 5.41) is 9.04. The van der Waals surface area contributed by atoms with E-state index in [0.29, 0.717) is 5.69 Å². The topological polar surface area (TPSA) is 102 Å². The van der Waals surface area contributed by atoms with E-state index in [0.717, 1.165) is 6.07 Å². The summed E-state index contributed by atoms with van der Waals surface area (Å²) >= 11 is 0. The van der Waals surface area contributed by atoms with Crippen LogP contribution < -0.4 is 16.2 Å². The highest BCUT2D eigenvalue weighted by atomic mass is 19.1. The Balaban J connectivity index is 2.49. The molecule has 0 aliphatic heterocycles. The number of carbonyl (C=O) groups excluding carboxylic acids is 1. The van der Waals surface area contributed by atoms with E-state index < -0.39 is 5.82 Å². The van der Waals surface area contributed by atoms with Crippen LogP contribution in [0.5, 0.6) is 11.5 Å². The number of nitrogens with zero attached hydrogens (tertiary/aromatic N) is 1. The van der Waals surface area contributed by atoms with Crippen molar-refractivity contribution in [1.82, 2.24) is 0 Å². The second-order valence-electron chi connectivity index (χ2n) is 4.36. The Hall–Kier alpha value is -3.07. The number of nitrogens with two attached hydrogens (primary N) is 2. The first-order valence-electron chi connectivity index (χ1n) is 6.00. The molecule has 2 rings (SSSR count). The van der Waals surface area contributed by atoms with Gasteiger partial charge in [0.25, 0.3) is 0 Å². The molecule has 0 heterocycles. The van der Waals surface area contributed by atoms with Gasteiger partial charge in [-0.1, -0.05) is 0 Å². The fourth-order valence-electron chi connectivity index (χ4n) is 1.81. The average Bonchev–Trinajstić information content (AvgIpc) is 2.44. The summed E-state index contributed by atoms with van der Waals surface area (Å²) in [6.07, 6.45) is 0. The summed E-state index contributed by atoms with van der Waals surface area (Å²) in [7, 11) is 0. The maximum atomic E-state index is 13.8. The van der Waals surface area contributed by atoms with E-state index in [4.69, 9.17) is 21.5 Å². The quantitative estimate of drug-likeness (QED) is 0.666. The van der Waals surface area contributed by atoms with Crippen LogP contribution in [0, 0.1) is 17.1 Å². The lowest BCUT2D eigenvalue weighted by atomic mass is 10.1. The van der Waals surface area contributed by atoms with Crippen LogP contribution in [0.1, 0.15) is 22.8 Å². The number of anilines is 2. The number of ketones is 1. The van der Waals surface area contributed by atoms with Crippen LogP contribution in [-0.2, 0) is 0 Å². The predicted molar refractivity (Wildman–Crippen MR) is 76.5 cm³/mol. The van der Waals surface area contributed by atoms with Crippen molar-refractivity contribution in [2.24, 2.45) is 0 Å². The maximum Gasteiger partial charge on any atom is 0.182 e. The van der Waals surface area contributed by atoms with E-state index in [1.165, 1.54) is 31.2 Å². The van der Waals surface area contributed by atoms with Gasteiger partial charge in [-0.25, -0.2) is 4.39 Å². The van der Waals surface area contributed by atoms with Crippen molar-refractivity contribution in [3.8, 4) is 17.6 Å². The van der Waals surface area contributed by atoms with Crippen molar-refractivity contribution >= 4 is 17.2 Å². The SMILES string of the molecule is CC(=O)c1cc(Oc2c(F)ccc(N)c2C#N)ccc1N. The molecule has 6 heteroatoms. The lowest BCUT2D eigenvalue weighted by molar-refractivity contribution is 0.101. The molecule has 106 valence electrons. The van der Waals surface area contributed by atoms with Gasteiger partial charge in [0.1, 0.15) is 17.4 Å². The van der Waals surface area contributed by atoms with Crippen LogP contribution in [-0.4, -0.2) is 5.78 Å². The van der Waals surface area contributed by atoms with Gasteiger partial charge in [0, 0.05) is 11.3 Å². The Morgan fingerprint density at radius 3 is 2.52 bits per heavy atom. The summed E-state index contributed by atoms with van der Waals surface area (Å²) < 4.78 is 19.2. The lowest BCUT2D eigenvalue weighted by Gasteiger charge is -2.11. The van der Waals surface area contributed by atoms with Gasteiger partial charge < -0.3 is 16.2 Å². The molecule has 4 N–H and O–H groups in total. The predicted octanol–water partition coefficient (Wildman–Crippen LogP) is 2.86. The molecule has 0 spiro atoms. The minimum Gasteiger partial charge on any atom is -0.453 e. The van der Waals surface area contributed by atoms with Gasteiger partial charge in [-0.3, -0.25) is 4.79 Å². The number of nitriles is 1. The molecule has 0 aliphatic rings. The second-order valence-corrected chi connectivity index (χ2v) is 4.36. The fourth-order valence-corrected chi connectivity index (χ4v) is 1.81. The van der Waals surface area contributed by atoms with E-state index >= 15 is 0 Å². The molecule has 0 fully saturated rings. The van der Waals surface area contributed by atoms with Gasteiger partial charge in [0.2, 0.25) is 0 Å². The molecular formula is C15H12FN3O2. The second kappa shape index (κ2) is 5.51. The highest BCUT2D eigenvalue weighted by Crippen LogP contribution is 2.32. The lowest BCUT2D eigenvalue weighted by Crippen LogP contribution is -2.01. The number of nitrogen functional groups attached to an aromatic ring is 2. The third-order valence-corrected chi connectivity index (χ3v) is 2.88. The number of benzene rings is 2. The molecule has 2 aromatic carbocycles. The van der Waals surface area contributed by atoms with Crippen molar-refractivity contribution < 1.29 is 13.9 Å². The van der Waals surface area contributed by atoms with Gasteiger partial charge in [-0.2, -0.15) is 5.26 Å². The van der Waals surface area contributed by atoms with Gasteiger partial charge in [-0.05, 0) is 37.3 Å². The number of Topliss-reactive ketones (excluding diaryl/α,β-unsaturated/α-hetero) is 1. The van der Waals surface area contributed by atoms with E-state index in [2.05, 4.69) is 0 Å². The molecular weight excluding hydrogens is 273 g/mol. The van der Waals surface area contributed by atoms with Crippen LogP contribution in [0.2, 0.25) is 0 Å². The number of hydrogen-bond donors (Lipinski definition) is 2. The van der Waals surface area contributed by atoms with Gasteiger partial charge >= 0.3 is 0 Å². The highest BCUT2D eigenvalue weighted by molar-refractivity contribution is 5.99. The maximum absolute atomic E-state index is 13.8. The first kappa shape index (κ1) is 14.3. The molecule has 0 aromatic heterocycles. The Morgan fingerprint density at radius 1 is 1.24 bits per heavy atom. The van der Waals surface area contributed by atoms with Crippen LogP contribution in [0.25, 0.3) is 0 Å². The molecule has 0 unspecified atom stereocenters. The first-order chi connectivity index (χ1) is 9.93. The standard InChI is InChI=1S/C15H12FN3O2/c1-8(20)10-6-9(2-4-13(10)18)21-15-11(7-17)14(19)5-3-12(15)16/h2-6H,18-19H2,1H3. The molecule has 0 saturated heterocycles. The van der Waals surface area contributed by atoms with Crippen LogP contribution in [0.3, 0.4) is 0 Å². The zero-order valence-corrected chi connectivity index (χ0v) is 11.2. The Kier molecular flexibility index (Phi) is 3.76. The summed E-state index contributed by atoms with van der Waals surface area (Å²) in [6, 6.07) is 8.52. The van der Waals surface area contributed by atoms with Crippen LogP contribution in [0.4, 0.5) is 15.8 Å². The van der Waals surface area contributed by atoms with E-state index in [-0.39, 0.29) is 34.1 Å². The first-order valence-corrected chi connectivity index (χ1v) is 6.00. The minimum atomic E-state index is -0.720. The van der Waals surface area contributed by atoms with Crippen molar-refractivity contribution in [2.45, 2.75) is 6.92 Å². The van der Waals surface area contributed by atoms with E-state index in [9.17, 15) is 9.18 Å². The molecule has 21 heavy (non-hydrogen) atoms. The molecule has 0 atom stereocenters. The number of hydrogen-bond acceptors (Lipinski definition) is 5. The summed E-state index contributed by atoms with van der Waals surface area (Å²) in [5.41, 5.74) is 11.8. The monoisotopic (exact) mass is 285 g/mol. The molecule has 0 amide bonds. The summed E-state index contributed by atoms with van der Waals surface area (Å²) in [5.74, 6) is -1.05. The normalized spacial score (nSPS) is 9.95. The largest absolute Gasteiger partial charge is 0.453 e. The molecule has 0 aliphatic carbocycles. The van der Waals surface area contributed by atoms with Crippen molar-refractivity contribution in [1.29, 1.82) is 5.26 Å². The minimum absolute atomic E-state index is 0.101. The van der Waals surface area contributed by atoms with Crippen LogP contribution >= 0.6 is 0 Å². The van der Waals surface area contributed by atoms with Gasteiger partial charge in [0.05, 0.1) is 5.69 Å². The van der Waals surface area contributed by atoms with E-state index in [1.807, 2.05) is 0 Å². The summed E-state index contributed by atoms with van der Waals surface area (Å²) in [6.45, 7) is 1.36. The van der Waals surface area contributed by atoms with Gasteiger partial charge in [-0.15, -0.1) is 0 Å². The van der Waals surface area contributed by atoms with Gasteiger partial charge in [0.15, 0.2) is 17.3 Å². The Morgan fingerprint density at radius 2 is 1.90 bits per heavy atom. The number of halogens is 1. The average molecular weight is 285 g/mol. The fraction of sp³-hybridized carbons (Fsp3) is 0.0667. The zero-order valence-electron chi connectivity index (χ0n) is 11.2. The number of rotatable bonds is 3. The van der Waals surface area contributed by atoms with Crippen molar-refractivity contribution in [3.63, 3.8) is 0 Å². The van der Waals surface area contributed by atoms with Crippen molar-refractivity contribution in [3.05, 3.63) is 47.3 Å². The zero-order chi connectivity index (χ0) is 15.6. The smallest absolute Gasteiger partial charge is 0.182 e. The van der Waals surface area contributed by atoms with E-state index in [1.54, 1.807) is 6.07 Å². The Bertz CT molecular complexity index is 766. The molecule has 5 nitrogen and oxygen atoms in total.